The molecular weight excluding hydrogens is 1920 g/mol. The Bertz CT molecular complexity index is 6650. The minimum Gasteiger partial charge on any atom is -0.396 e. The fraction of sp³-hybridized carbons (Fsp3) is 0.393. The molecule has 0 spiro atoms. The van der Waals surface area contributed by atoms with Gasteiger partial charge in [0.15, 0.2) is 52.0 Å². The first-order valence-electron chi connectivity index (χ1n) is 52.1. The van der Waals surface area contributed by atoms with Gasteiger partial charge in [0, 0.05) is 100.0 Å². The van der Waals surface area contributed by atoms with Crippen molar-refractivity contribution in [3.63, 3.8) is 0 Å². The smallest absolute Gasteiger partial charge is 0.266 e. The number of benzene rings is 9. The Morgan fingerprint density at radius 2 is 1.00 bits per heavy atom. The number of rotatable bonds is 27. The van der Waals surface area contributed by atoms with Gasteiger partial charge < -0.3 is 54.0 Å². The summed E-state index contributed by atoms with van der Waals surface area (Å²) in [6.45, 7) is 9.07. The first-order chi connectivity index (χ1) is 71.8. The number of guanidine groups is 5. The molecule has 7 atom stereocenters. The number of nitrogens with one attached hydrogen (secondary N) is 1. The van der Waals surface area contributed by atoms with Gasteiger partial charge in [-0.15, -0.1) is 0 Å². The second kappa shape index (κ2) is 46.4. The summed E-state index contributed by atoms with van der Waals surface area (Å²) in [6.07, 6.45) is 25.0. The summed E-state index contributed by atoms with van der Waals surface area (Å²) in [5.41, 5.74) is 37.1. The van der Waals surface area contributed by atoms with Crippen LogP contribution < -0.4 is 34.0 Å². The number of carbonyl (C=O) groups is 7. The van der Waals surface area contributed by atoms with Crippen LogP contribution in [0.15, 0.2) is 274 Å². The van der Waals surface area contributed by atoms with Gasteiger partial charge in [-0.3, -0.25) is 63.0 Å². The zero-order valence-electron chi connectivity index (χ0n) is 84.9. The van der Waals surface area contributed by atoms with Gasteiger partial charge >= 0.3 is 0 Å². The number of β-amino-alcohol motifs (C(OH)–C–C–N with tert-alkyl or cyclic N) is 1. The fourth-order valence-corrected chi connectivity index (χ4v) is 23.1. The molecule has 7 amide bonds. The van der Waals surface area contributed by atoms with Crippen LogP contribution in [-0.4, -0.2) is 198 Å². The number of piperidine rings is 1. The van der Waals surface area contributed by atoms with Crippen LogP contribution in [0.3, 0.4) is 0 Å². The van der Waals surface area contributed by atoms with Crippen LogP contribution in [0.1, 0.15) is 199 Å². The lowest BCUT2D eigenvalue weighted by Gasteiger charge is -2.36. The van der Waals surface area contributed by atoms with Crippen molar-refractivity contribution in [1.29, 1.82) is 0 Å². The molecule has 6 fully saturated rings. The minimum atomic E-state index is -1.23. The summed E-state index contributed by atoms with van der Waals surface area (Å²) in [4.78, 5) is 130. The predicted octanol–water partition coefficient (Wildman–Crippen LogP) is 17.4. The molecule has 0 bridgehead atoms. The number of hydrogen-bond donors (Lipinski definition) is 8. The number of halogens is 4. The Balaban J connectivity index is 0.000000127. The number of anilines is 1. The highest BCUT2D eigenvalue weighted by Gasteiger charge is 2.60. The van der Waals surface area contributed by atoms with Crippen LogP contribution in [0.5, 0.6) is 0 Å². The molecule has 2 saturated heterocycles. The summed E-state index contributed by atoms with van der Waals surface area (Å²) in [5, 5.41) is 23.8. The van der Waals surface area contributed by atoms with Gasteiger partial charge in [0.2, 0.25) is 5.91 Å². The van der Waals surface area contributed by atoms with Crippen LogP contribution in [-0.2, 0) is 57.5 Å². The van der Waals surface area contributed by atoms with Crippen LogP contribution in [0.25, 0.3) is 33.4 Å². The van der Waals surface area contributed by atoms with E-state index in [4.69, 9.17) is 67.0 Å². The quantitative estimate of drug-likeness (QED) is 0.0237. The molecule has 9 aromatic carbocycles. The maximum Gasteiger partial charge on any atom is 0.266 e. The van der Waals surface area contributed by atoms with Crippen molar-refractivity contribution < 1.29 is 52.6 Å². The molecule has 4 aliphatic carbocycles. The average molecular weight is 2060 g/mol. The van der Waals surface area contributed by atoms with E-state index in [9.17, 15) is 47.4 Å². The van der Waals surface area contributed by atoms with Crippen LogP contribution in [0, 0.1) is 41.2 Å². The standard InChI is InChI=1S/C27H26N4O2.C24H26F2N4O2.C24H37N5O.2C21H22ClN3O2/c28-26-29-27(22-12-3-1-4-13-22,23-14-5-2-6-15-23)25(33)31(26)19-20-10-9-11-21(18-20)24(32)30-16-7-8-17-30;1-15(31)29-8-6-16(7-9-29)14-30-22(32)24(2,28-23(30)27)19-5-3-4-17(10-19)18-11-20(25)13-21(26)12-18;1-29-22(30)24(28-23(29)25,13-12-18-7-3-2-4-8-18)16-19-9-5-10-20(15-19)27-21-11-6-14-26-17-21;1-13(26)12-25-19(27)21(16-8-9-16,24-20(25)23)17-6-2-4-14(10-17)15-5-3-7-18(22)11-15;22-18-7-2-5-15(13-18)14-4-1-6-17(12-14)21(16-8-9-16)19(27)25(10-3-11-26)20(23)24-21/h1-6,9-15,18H,7-8,16-17,19H2,(H2,28,29);3-5,10-13,16H,6-9,14H2,1-2H3,(H2,27,28);6,11,14,17-20,27H,2-5,7-10,12-13,15-16H2,1H3,(H2,25,28);2-7,10-11,13,16,26H,8-9,12H2,1H3,(H2,23,24);1-2,4-7,12-13,16,26H,3,8-11H2,(H2,23,24)/t;;19-,20+,24+;;/m..0../s1. The number of pyridine rings is 1. The van der Waals surface area contributed by atoms with Gasteiger partial charge in [-0.25, -0.2) is 33.7 Å². The molecule has 4 unspecified atom stereocenters. The number of aliphatic imine (C=N–C) groups is 5. The van der Waals surface area contributed by atoms with Crippen molar-refractivity contribution in [3.8, 4) is 33.4 Å². The van der Waals surface area contributed by atoms with Crippen LogP contribution in [0.2, 0.25) is 10.0 Å². The van der Waals surface area contributed by atoms with Crippen molar-refractivity contribution in [3.05, 3.63) is 310 Å². The normalized spacial score (nSPS) is 22.9. The highest BCUT2D eigenvalue weighted by Crippen LogP contribution is 2.55. The maximum atomic E-state index is 13.9. The third kappa shape index (κ3) is 23.5. The number of nitrogens with zero attached hydrogens (tertiary/aromatic N) is 13. The molecule has 13 N–H and O–H groups in total. The Hall–Kier alpha value is -14.1. The second-order valence-electron chi connectivity index (χ2n) is 41.4. The van der Waals surface area contributed by atoms with Crippen molar-refractivity contribution in [2.45, 2.75) is 202 Å². The summed E-state index contributed by atoms with van der Waals surface area (Å²) < 4.78 is 27.4. The lowest BCUT2D eigenvalue weighted by molar-refractivity contribution is -0.133. The maximum absolute atomic E-state index is 13.9. The van der Waals surface area contributed by atoms with Crippen molar-refractivity contribution in [2.24, 2.45) is 83.2 Å². The summed E-state index contributed by atoms with van der Waals surface area (Å²) in [6, 6.07) is 72.3. The Kier molecular flexibility index (Phi) is 33.1. The number of likely N-dealkylation sites (tertiary alicyclic amines) is 2. The lowest BCUT2D eigenvalue weighted by atomic mass is 9.74. The molecular formula is C117H133Cl2F2N19O9. The minimum absolute atomic E-state index is 0.0116. The Morgan fingerprint density at radius 3 is 1.54 bits per heavy atom. The van der Waals surface area contributed by atoms with E-state index in [2.05, 4.69) is 31.3 Å². The van der Waals surface area contributed by atoms with E-state index in [1.54, 1.807) is 63.2 Å². The van der Waals surface area contributed by atoms with E-state index in [0.717, 1.165) is 158 Å². The lowest BCUT2D eigenvalue weighted by Crippen LogP contribution is -2.46. The third-order valence-electron chi connectivity index (χ3n) is 30.8. The molecule has 21 rings (SSSR count). The monoisotopic (exact) mass is 2060 g/mol. The van der Waals surface area contributed by atoms with Gasteiger partial charge in [0.1, 0.15) is 17.2 Å². The molecule has 8 heterocycles. The second-order valence-corrected chi connectivity index (χ2v) is 42.3. The van der Waals surface area contributed by atoms with Crippen LogP contribution in [0.4, 0.5) is 14.5 Å². The number of aliphatic hydroxyl groups excluding tert-OH is 2. The van der Waals surface area contributed by atoms with Gasteiger partial charge in [-0.2, -0.15) is 0 Å². The summed E-state index contributed by atoms with van der Waals surface area (Å²) in [7, 11) is 1.77. The highest BCUT2D eigenvalue weighted by atomic mass is 35.5. The zero-order chi connectivity index (χ0) is 105. The number of carbonyl (C=O) groups excluding carboxylic acids is 7. The van der Waals surface area contributed by atoms with Crippen molar-refractivity contribution in [1.82, 2.24) is 39.3 Å². The predicted molar refractivity (Wildman–Crippen MR) is 579 cm³/mol. The van der Waals surface area contributed by atoms with E-state index < -0.39 is 45.4 Å². The molecule has 7 aliphatic heterocycles. The Labute approximate surface area is 879 Å². The highest BCUT2D eigenvalue weighted by molar-refractivity contribution is 6.31. The SMILES string of the molecule is CC(=O)N1CCC(CN2C(=O)C(C)(c3cccc(-c4cc(F)cc(F)c4)c3)N=C2N)CC1.CC(O)CN1C(=O)C(c2cccc(-c3cccc(Cl)c3)c2)(C2CC2)N=C1N.CN1C(=O)[C@@](CCC2CCCCC2)(C[C@H]2CCC[C@@H](Nc3cccnc3)C2)N=C1N.NC1=NC(c2cccc(-c3cccc(Cl)c3)c2)(C2CC2)C(=O)N1CCCO.NC1=NC(c2ccccc2)(c2ccccc2)C(=O)N1Cc1cccc(C(=O)N2CCCC2)c1. The van der Waals surface area contributed by atoms with Crippen LogP contribution >= 0.6 is 23.2 Å². The van der Waals surface area contributed by atoms with Gasteiger partial charge in [0.25, 0.3) is 35.4 Å². The Morgan fingerprint density at radius 1 is 0.477 bits per heavy atom. The summed E-state index contributed by atoms with van der Waals surface area (Å²) >= 11 is 12.3. The number of aromatic nitrogens is 1. The number of hydrogen-bond acceptors (Lipinski definition) is 21. The average Bonchev–Trinajstić information content (AvgIpc) is 1.56. The van der Waals surface area contributed by atoms with E-state index >= 15 is 0 Å². The molecule has 32 heteroatoms. The number of amides is 7. The van der Waals surface area contributed by atoms with E-state index in [-0.39, 0.29) is 103 Å². The summed E-state index contributed by atoms with van der Waals surface area (Å²) in [5.74, 6) is 1.13. The molecule has 4 saturated carbocycles. The third-order valence-corrected chi connectivity index (χ3v) is 31.3. The topological polar surface area (TPSA) is 399 Å². The van der Waals surface area contributed by atoms with E-state index in [1.165, 1.54) is 83.1 Å². The molecule has 149 heavy (non-hydrogen) atoms. The van der Waals surface area contributed by atoms with Gasteiger partial charge in [-0.05, 0) is 279 Å². The first-order valence-corrected chi connectivity index (χ1v) is 52.9. The number of nitrogens with two attached hydrogens (primary N) is 5. The van der Waals surface area contributed by atoms with Gasteiger partial charge in [-0.1, -0.05) is 220 Å². The first kappa shape index (κ1) is 106. The van der Waals surface area contributed by atoms with Gasteiger partial charge in [0.05, 0.1) is 24.9 Å². The molecule has 28 nitrogen and oxygen atoms in total. The molecule has 11 aliphatic rings. The van der Waals surface area contributed by atoms with Crippen molar-refractivity contribution in [2.75, 3.05) is 64.8 Å². The van der Waals surface area contributed by atoms with E-state index in [1.807, 2.05) is 204 Å². The van der Waals surface area contributed by atoms with Crippen molar-refractivity contribution >= 4 is 100 Å². The number of aliphatic hydroxyl groups is 2. The molecule has 1 aromatic heterocycles. The molecule has 0 radical (unpaired) electrons. The number of likely N-dealkylation sites (N-methyl/N-ethyl adjacent to an activating group) is 1. The fourth-order valence-electron chi connectivity index (χ4n) is 22.7. The molecule has 778 valence electrons. The largest absolute Gasteiger partial charge is 0.396 e. The van der Waals surface area contributed by atoms with E-state index in [0.29, 0.717) is 82.8 Å². The molecule has 10 aromatic rings. The zero-order valence-corrected chi connectivity index (χ0v) is 86.4.